The van der Waals surface area contributed by atoms with Crippen molar-refractivity contribution in [2.75, 3.05) is 13.7 Å². The Morgan fingerprint density at radius 3 is 2.30 bits per heavy atom. The Hall–Kier alpha value is -4.18. The van der Waals surface area contributed by atoms with Gasteiger partial charge in [0.05, 0.1) is 20.1 Å². The number of carbonyl (C=O) groups is 4. The Morgan fingerprint density at radius 1 is 0.975 bits per heavy atom. The molecule has 9 nitrogen and oxygen atoms in total. The van der Waals surface area contributed by atoms with Crippen LogP contribution in [0.5, 0.6) is 5.75 Å². The third-order valence-corrected chi connectivity index (χ3v) is 7.67. The third-order valence-electron chi connectivity index (χ3n) is 6.53. The van der Waals surface area contributed by atoms with Crippen molar-refractivity contribution < 1.29 is 33.4 Å². The molecule has 2 atom stereocenters. The number of ether oxygens (including phenoxy) is 3. The Morgan fingerprint density at radius 2 is 1.70 bits per heavy atom. The van der Waals surface area contributed by atoms with Crippen LogP contribution < -0.4 is 10.1 Å². The number of imide groups is 1. The van der Waals surface area contributed by atoms with E-state index in [9.17, 15) is 19.2 Å². The molecule has 1 aliphatic heterocycles. The fraction of sp³-hybridized carbons (Fsp3) is 0.300. The van der Waals surface area contributed by atoms with E-state index in [1.807, 2.05) is 37.3 Å². The molecule has 1 aliphatic rings. The second-order valence-electron chi connectivity index (χ2n) is 9.29. The van der Waals surface area contributed by atoms with E-state index < -0.39 is 21.9 Å². The summed E-state index contributed by atoms with van der Waals surface area (Å²) < 4.78 is 14.5. The first-order chi connectivity index (χ1) is 19.3. The van der Waals surface area contributed by atoms with Crippen molar-refractivity contribution in [1.82, 2.24) is 10.3 Å². The number of amides is 2. The molecular formula is C30H30N2O7S. The summed E-state index contributed by atoms with van der Waals surface area (Å²) in [5.41, 5.74) is 3.23. The Balaban J connectivity index is 1.44. The number of aryl methyl sites for hydroxylation is 1. The first-order valence-corrected chi connectivity index (χ1v) is 13.6. The smallest absolute Gasteiger partial charge is 0.333 e. The maximum atomic E-state index is 13.1. The molecule has 0 saturated carbocycles. The first-order valence-electron chi connectivity index (χ1n) is 12.8. The number of esters is 2. The highest BCUT2D eigenvalue weighted by molar-refractivity contribution is 8.16. The SMILES string of the molecule is CCc1ccc([C@@H](COc2ccc(CC3(C(=O)OCc4ccccc4)SC(=O)NC3=O)cc2)CC(=O)OC)nc1. The average molecular weight is 563 g/mol. The highest BCUT2D eigenvalue weighted by Crippen LogP contribution is 2.37. The lowest BCUT2D eigenvalue weighted by Gasteiger charge is -2.22. The average Bonchev–Trinajstić information content (AvgIpc) is 3.28. The molecule has 1 fully saturated rings. The highest BCUT2D eigenvalue weighted by atomic mass is 32.2. The van der Waals surface area contributed by atoms with Crippen LogP contribution in [0.15, 0.2) is 72.9 Å². The molecule has 4 rings (SSSR count). The molecule has 0 radical (unpaired) electrons. The minimum absolute atomic E-state index is 0.0149. The number of methoxy groups -OCH3 is 1. The summed E-state index contributed by atoms with van der Waals surface area (Å²) in [4.78, 5) is 54.4. The fourth-order valence-electron chi connectivity index (χ4n) is 4.19. The van der Waals surface area contributed by atoms with Gasteiger partial charge < -0.3 is 14.2 Å². The lowest BCUT2D eigenvalue weighted by Crippen LogP contribution is -2.46. The monoisotopic (exact) mass is 562 g/mol. The molecule has 2 heterocycles. The second-order valence-corrected chi connectivity index (χ2v) is 10.6. The zero-order valence-corrected chi connectivity index (χ0v) is 23.1. The van der Waals surface area contributed by atoms with Crippen molar-refractivity contribution >= 4 is 34.8 Å². The molecule has 0 aliphatic carbocycles. The van der Waals surface area contributed by atoms with E-state index in [-0.39, 0.29) is 37.9 Å². The molecule has 1 saturated heterocycles. The van der Waals surface area contributed by atoms with Gasteiger partial charge in [-0.1, -0.05) is 55.5 Å². The van der Waals surface area contributed by atoms with Crippen molar-refractivity contribution in [1.29, 1.82) is 0 Å². The number of rotatable bonds is 12. The van der Waals surface area contributed by atoms with Crippen LogP contribution in [0.4, 0.5) is 4.79 Å². The van der Waals surface area contributed by atoms with Gasteiger partial charge in [-0.05, 0) is 53.1 Å². The Bertz CT molecular complexity index is 1350. The van der Waals surface area contributed by atoms with E-state index in [0.717, 1.165) is 23.2 Å². The normalized spacial score (nSPS) is 17.1. The van der Waals surface area contributed by atoms with Gasteiger partial charge in [0.15, 0.2) is 0 Å². The lowest BCUT2D eigenvalue weighted by atomic mass is 9.97. The molecule has 2 aromatic carbocycles. The van der Waals surface area contributed by atoms with E-state index in [2.05, 4.69) is 10.3 Å². The minimum atomic E-state index is -1.73. The van der Waals surface area contributed by atoms with Crippen molar-refractivity contribution in [3.8, 4) is 5.75 Å². The van der Waals surface area contributed by atoms with Crippen LogP contribution >= 0.6 is 11.8 Å². The van der Waals surface area contributed by atoms with Crippen LogP contribution in [-0.2, 0) is 43.3 Å². The molecule has 1 unspecified atom stereocenters. The van der Waals surface area contributed by atoms with Crippen molar-refractivity contribution in [2.45, 2.75) is 43.5 Å². The van der Waals surface area contributed by atoms with Crippen LogP contribution in [0, 0.1) is 0 Å². The molecule has 0 spiro atoms. The van der Waals surface area contributed by atoms with E-state index in [0.29, 0.717) is 23.1 Å². The van der Waals surface area contributed by atoms with Crippen molar-refractivity contribution in [2.24, 2.45) is 0 Å². The second kappa shape index (κ2) is 13.3. The quantitative estimate of drug-likeness (QED) is 0.253. The number of hydrogen-bond donors (Lipinski definition) is 1. The summed E-state index contributed by atoms with van der Waals surface area (Å²) in [6, 6.07) is 19.8. The summed E-state index contributed by atoms with van der Waals surface area (Å²) in [5, 5.41) is 1.61. The van der Waals surface area contributed by atoms with Gasteiger partial charge in [-0.2, -0.15) is 0 Å². The largest absolute Gasteiger partial charge is 0.493 e. The van der Waals surface area contributed by atoms with Gasteiger partial charge in [0.1, 0.15) is 12.4 Å². The van der Waals surface area contributed by atoms with Crippen LogP contribution in [-0.4, -0.2) is 46.5 Å². The van der Waals surface area contributed by atoms with Crippen LogP contribution in [0.25, 0.3) is 0 Å². The van der Waals surface area contributed by atoms with E-state index in [1.54, 1.807) is 42.6 Å². The summed E-state index contributed by atoms with van der Waals surface area (Å²) in [6.07, 6.45) is 2.72. The van der Waals surface area contributed by atoms with E-state index in [4.69, 9.17) is 14.2 Å². The molecule has 2 amide bonds. The molecule has 1 N–H and O–H groups in total. The number of benzene rings is 2. The maximum Gasteiger partial charge on any atom is 0.333 e. The van der Waals surface area contributed by atoms with Crippen molar-refractivity contribution in [3.05, 3.63) is 95.3 Å². The molecule has 0 bridgehead atoms. The molecule has 1 aromatic heterocycles. The van der Waals surface area contributed by atoms with Gasteiger partial charge in [-0.3, -0.25) is 24.7 Å². The summed E-state index contributed by atoms with van der Waals surface area (Å²) >= 11 is 0.629. The number of nitrogens with zero attached hydrogens (tertiary/aromatic N) is 1. The number of pyridine rings is 1. The zero-order chi connectivity index (χ0) is 28.5. The van der Waals surface area contributed by atoms with Gasteiger partial charge in [-0.15, -0.1) is 0 Å². The van der Waals surface area contributed by atoms with E-state index >= 15 is 0 Å². The molecule has 40 heavy (non-hydrogen) atoms. The predicted octanol–water partition coefficient (Wildman–Crippen LogP) is 4.38. The van der Waals surface area contributed by atoms with Crippen LogP contribution in [0.3, 0.4) is 0 Å². The minimum Gasteiger partial charge on any atom is -0.493 e. The van der Waals surface area contributed by atoms with Gasteiger partial charge >= 0.3 is 11.9 Å². The summed E-state index contributed by atoms with van der Waals surface area (Å²) in [7, 11) is 1.34. The van der Waals surface area contributed by atoms with Gasteiger partial charge in [-0.25, -0.2) is 4.79 Å². The van der Waals surface area contributed by atoms with Gasteiger partial charge in [0.25, 0.3) is 11.1 Å². The summed E-state index contributed by atoms with van der Waals surface area (Å²) in [5.74, 6) is -1.63. The molecule has 3 aromatic rings. The van der Waals surface area contributed by atoms with Crippen LogP contribution in [0.1, 0.15) is 41.6 Å². The van der Waals surface area contributed by atoms with Gasteiger partial charge in [0, 0.05) is 24.2 Å². The zero-order valence-electron chi connectivity index (χ0n) is 22.3. The highest BCUT2D eigenvalue weighted by Gasteiger charge is 2.55. The fourth-order valence-corrected chi connectivity index (χ4v) is 5.18. The van der Waals surface area contributed by atoms with Gasteiger partial charge in [0.2, 0.25) is 4.75 Å². The lowest BCUT2D eigenvalue weighted by molar-refractivity contribution is -0.151. The number of nitrogens with one attached hydrogen (secondary N) is 1. The topological polar surface area (TPSA) is 121 Å². The van der Waals surface area contributed by atoms with E-state index in [1.165, 1.54) is 7.11 Å². The molecular weight excluding hydrogens is 532 g/mol. The Labute approximate surface area is 236 Å². The number of aromatic nitrogens is 1. The molecule has 10 heteroatoms. The first kappa shape index (κ1) is 28.8. The summed E-state index contributed by atoms with van der Waals surface area (Å²) in [6.45, 7) is 2.22. The Kier molecular flexibility index (Phi) is 9.55. The number of hydrogen-bond acceptors (Lipinski definition) is 9. The van der Waals surface area contributed by atoms with Crippen LogP contribution in [0.2, 0.25) is 0 Å². The number of thioether (sulfide) groups is 1. The van der Waals surface area contributed by atoms with Crippen molar-refractivity contribution in [3.63, 3.8) is 0 Å². The number of carbonyl (C=O) groups excluding carboxylic acids is 4. The third kappa shape index (κ3) is 7.06. The molecule has 208 valence electrons. The maximum absolute atomic E-state index is 13.1. The predicted molar refractivity (Wildman–Crippen MR) is 149 cm³/mol. The standard InChI is InChI=1S/C30H30N2O7S/c1-3-20-11-14-25(31-17-20)23(15-26(33)37-2)19-38-24-12-9-21(10-13-24)16-30(27(34)32-29(36)40-30)28(35)39-18-22-7-5-4-6-8-22/h4-14,17,23H,3,15-16,18-19H2,1-2H3,(H,32,34,36)/t23-,30?/m1/s1.